The number of hydrogen-bond acceptors (Lipinski definition) is 5. The summed E-state index contributed by atoms with van der Waals surface area (Å²) < 4.78 is 3.51. The van der Waals surface area contributed by atoms with Gasteiger partial charge in [-0.3, -0.25) is 14.5 Å². The van der Waals surface area contributed by atoms with Gasteiger partial charge in [0.05, 0.1) is 17.5 Å². The summed E-state index contributed by atoms with van der Waals surface area (Å²) in [6, 6.07) is 11.4. The number of rotatable bonds is 7. The highest BCUT2D eigenvalue weighted by Crippen LogP contribution is 2.16. The number of carbonyl (C=O) groups excluding carboxylic acids is 1. The molecule has 8 nitrogen and oxygen atoms in total. The minimum atomic E-state index is -0.233. The molecule has 146 valence electrons. The average Bonchev–Trinajstić information content (AvgIpc) is 3.40. The number of hydrogen-bond donors (Lipinski definition) is 1. The maximum atomic E-state index is 12.8. The molecule has 0 aliphatic carbocycles. The fraction of sp³-hybridized carbons (Fsp3) is 0.190. The van der Waals surface area contributed by atoms with Crippen molar-refractivity contribution in [1.29, 1.82) is 0 Å². The van der Waals surface area contributed by atoms with Crippen molar-refractivity contribution in [1.82, 2.24) is 29.5 Å². The lowest BCUT2D eigenvalue weighted by molar-refractivity contribution is 0.102. The lowest BCUT2D eigenvalue weighted by atomic mass is 10.2. The van der Waals surface area contributed by atoms with E-state index in [2.05, 4.69) is 25.5 Å². The highest BCUT2D eigenvalue weighted by Gasteiger charge is 2.18. The standard InChI is InChI=1S/C21H21N7O/c1-2-18-17(15-24-28(18)20-5-3-4-10-23-20)21(29)25-19-9-14-27(26-19)13-8-16-6-11-22-12-7-16/h3-7,9-12,14-15H,2,8,13H2,1H3,(H,25,26,29). The van der Waals surface area contributed by atoms with Crippen LogP contribution in [-0.2, 0) is 19.4 Å². The number of pyridine rings is 2. The number of aryl methyl sites for hydroxylation is 2. The molecule has 4 aromatic heterocycles. The molecule has 0 bridgehead atoms. The third-order valence-corrected chi connectivity index (χ3v) is 4.58. The van der Waals surface area contributed by atoms with E-state index in [0.29, 0.717) is 23.6 Å². The molecule has 8 heteroatoms. The molecule has 4 rings (SSSR count). The summed E-state index contributed by atoms with van der Waals surface area (Å²) in [6.07, 6.45) is 10.2. The van der Waals surface area contributed by atoms with Gasteiger partial charge in [-0.05, 0) is 42.7 Å². The Morgan fingerprint density at radius 2 is 1.97 bits per heavy atom. The second-order valence-corrected chi connectivity index (χ2v) is 6.48. The SMILES string of the molecule is CCc1c(C(=O)Nc2ccn(CCc3ccncc3)n2)cnn1-c1ccccn1. The summed E-state index contributed by atoms with van der Waals surface area (Å²) in [5.74, 6) is 0.963. The van der Waals surface area contributed by atoms with Crippen LogP contribution in [-0.4, -0.2) is 35.4 Å². The van der Waals surface area contributed by atoms with Crippen LogP contribution in [0.1, 0.15) is 28.5 Å². The molecule has 1 amide bonds. The zero-order chi connectivity index (χ0) is 20.1. The molecular formula is C21H21N7O. The van der Waals surface area contributed by atoms with E-state index in [9.17, 15) is 4.79 Å². The molecule has 0 unspecified atom stereocenters. The van der Waals surface area contributed by atoms with Crippen molar-refractivity contribution in [3.05, 3.63) is 84.2 Å². The van der Waals surface area contributed by atoms with Gasteiger partial charge in [-0.25, -0.2) is 9.67 Å². The summed E-state index contributed by atoms with van der Waals surface area (Å²) in [5, 5.41) is 11.7. The van der Waals surface area contributed by atoms with Gasteiger partial charge in [-0.15, -0.1) is 0 Å². The largest absolute Gasteiger partial charge is 0.305 e. The molecule has 29 heavy (non-hydrogen) atoms. The second kappa shape index (κ2) is 8.47. The van der Waals surface area contributed by atoms with Gasteiger partial charge >= 0.3 is 0 Å². The first kappa shape index (κ1) is 18.5. The maximum absolute atomic E-state index is 12.8. The van der Waals surface area contributed by atoms with Crippen molar-refractivity contribution >= 4 is 11.7 Å². The monoisotopic (exact) mass is 387 g/mol. The van der Waals surface area contributed by atoms with E-state index >= 15 is 0 Å². The van der Waals surface area contributed by atoms with Crippen molar-refractivity contribution in [3.8, 4) is 5.82 Å². The van der Waals surface area contributed by atoms with Crippen LogP contribution in [0.2, 0.25) is 0 Å². The van der Waals surface area contributed by atoms with Crippen LogP contribution >= 0.6 is 0 Å². The van der Waals surface area contributed by atoms with Crippen molar-refractivity contribution in [2.45, 2.75) is 26.3 Å². The summed E-state index contributed by atoms with van der Waals surface area (Å²) in [7, 11) is 0. The quantitative estimate of drug-likeness (QED) is 0.527. The fourth-order valence-corrected chi connectivity index (χ4v) is 3.11. The first-order valence-corrected chi connectivity index (χ1v) is 9.46. The normalized spacial score (nSPS) is 10.8. The van der Waals surface area contributed by atoms with Crippen LogP contribution in [0.5, 0.6) is 0 Å². The molecule has 0 aliphatic heterocycles. The molecular weight excluding hydrogens is 366 g/mol. The minimum absolute atomic E-state index is 0.233. The van der Waals surface area contributed by atoms with Gasteiger partial charge in [0.15, 0.2) is 11.6 Å². The third kappa shape index (κ3) is 4.21. The van der Waals surface area contributed by atoms with E-state index in [1.54, 1.807) is 35.5 Å². The number of nitrogens with zero attached hydrogens (tertiary/aromatic N) is 6. The van der Waals surface area contributed by atoms with Gasteiger partial charge in [0.1, 0.15) is 0 Å². The van der Waals surface area contributed by atoms with Crippen LogP contribution < -0.4 is 5.32 Å². The smallest absolute Gasteiger partial charge is 0.260 e. The molecule has 0 atom stereocenters. The van der Waals surface area contributed by atoms with Crippen LogP contribution in [0.15, 0.2) is 67.4 Å². The molecule has 4 heterocycles. The first-order chi connectivity index (χ1) is 14.2. The molecule has 0 spiro atoms. The highest BCUT2D eigenvalue weighted by molar-refractivity contribution is 6.04. The summed E-state index contributed by atoms with van der Waals surface area (Å²) in [5.41, 5.74) is 2.51. The van der Waals surface area contributed by atoms with E-state index in [0.717, 1.165) is 18.7 Å². The Hall–Kier alpha value is -3.81. The van der Waals surface area contributed by atoms with Crippen molar-refractivity contribution < 1.29 is 4.79 Å². The van der Waals surface area contributed by atoms with Crippen molar-refractivity contribution in [2.75, 3.05) is 5.32 Å². The predicted octanol–water partition coefficient (Wildman–Crippen LogP) is 2.92. The summed E-state index contributed by atoms with van der Waals surface area (Å²) in [6.45, 7) is 2.71. The van der Waals surface area contributed by atoms with Crippen LogP contribution in [0.3, 0.4) is 0 Å². The van der Waals surface area contributed by atoms with E-state index in [-0.39, 0.29) is 5.91 Å². The topological polar surface area (TPSA) is 90.5 Å². The Bertz CT molecular complexity index is 1090. The molecule has 1 N–H and O–H groups in total. The molecule has 0 saturated carbocycles. The van der Waals surface area contributed by atoms with E-state index < -0.39 is 0 Å². The number of aromatic nitrogens is 6. The Morgan fingerprint density at radius 3 is 2.72 bits per heavy atom. The van der Waals surface area contributed by atoms with Gasteiger partial charge in [-0.2, -0.15) is 10.2 Å². The Kier molecular flexibility index (Phi) is 5.42. The number of carbonyl (C=O) groups is 1. The van der Waals surface area contributed by atoms with Gasteiger partial charge < -0.3 is 5.32 Å². The third-order valence-electron chi connectivity index (χ3n) is 4.58. The maximum Gasteiger partial charge on any atom is 0.260 e. The fourth-order valence-electron chi connectivity index (χ4n) is 3.11. The van der Waals surface area contributed by atoms with Crippen LogP contribution in [0.4, 0.5) is 5.82 Å². The number of nitrogens with one attached hydrogen (secondary N) is 1. The van der Waals surface area contributed by atoms with E-state index in [1.807, 2.05) is 48.1 Å². The molecule has 0 aliphatic rings. The Labute approximate surface area is 168 Å². The first-order valence-electron chi connectivity index (χ1n) is 9.46. The number of amides is 1. The Morgan fingerprint density at radius 1 is 1.10 bits per heavy atom. The Balaban J connectivity index is 1.45. The minimum Gasteiger partial charge on any atom is -0.305 e. The van der Waals surface area contributed by atoms with Gasteiger partial charge in [0.25, 0.3) is 5.91 Å². The zero-order valence-corrected chi connectivity index (χ0v) is 16.1. The van der Waals surface area contributed by atoms with Gasteiger partial charge in [0.2, 0.25) is 0 Å². The van der Waals surface area contributed by atoms with E-state index in [1.165, 1.54) is 5.56 Å². The second-order valence-electron chi connectivity index (χ2n) is 6.48. The lowest BCUT2D eigenvalue weighted by Gasteiger charge is -2.07. The number of anilines is 1. The molecule has 0 fully saturated rings. The van der Waals surface area contributed by atoms with Crippen LogP contribution in [0.25, 0.3) is 5.82 Å². The van der Waals surface area contributed by atoms with Crippen molar-refractivity contribution in [3.63, 3.8) is 0 Å². The van der Waals surface area contributed by atoms with Crippen molar-refractivity contribution in [2.24, 2.45) is 0 Å². The highest BCUT2D eigenvalue weighted by atomic mass is 16.1. The predicted molar refractivity (Wildman–Crippen MR) is 109 cm³/mol. The average molecular weight is 387 g/mol. The van der Waals surface area contributed by atoms with Gasteiger partial charge in [0, 0.05) is 37.4 Å². The summed E-state index contributed by atoms with van der Waals surface area (Å²) in [4.78, 5) is 21.1. The molecule has 0 aromatic carbocycles. The molecule has 0 radical (unpaired) electrons. The zero-order valence-electron chi connectivity index (χ0n) is 16.1. The molecule has 0 saturated heterocycles. The van der Waals surface area contributed by atoms with E-state index in [4.69, 9.17) is 0 Å². The van der Waals surface area contributed by atoms with Gasteiger partial charge in [-0.1, -0.05) is 13.0 Å². The lowest BCUT2D eigenvalue weighted by Crippen LogP contribution is -2.15. The molecule has 4 aromatic rings. The van der Waals surface area contributed by atoms with Crippen LogP contribution in [0, 0.1) is 0 Å². The summed E-state index contributed by atoms with van der Waals surface area (Å²) >= 11 is 0.